The number of hydrogen-bond acceptors (Lipinski definition) is 3. The Hall–Kier alpha value is -5.93. The molecule has 0 aliphatic heterocycles. The molecule has 0 fully saturated rings. The Morgan fingerprint density at radius 1 is 0.273 bits per heavy atom. The van der Waals surface area contributed by atoms with Crippen LogP contribution >= 0.6 is 0 Å². The lowest BCUT2D eigenvalue weighted by Gasteiger charge is -2.12. The van der Waals surface area contributed by atoms with E-state index in [0.29, 0.717) is 17.5 Å². The van der Waals surface area contributed by atoms with Gasteiger partial charge in [-0.25, -0.2) is 15.0 Å². The van der Waals surface area contributed by atoms with Crippen molar-refractivity contribution in [2.75, 3.05) is 0 Å². The topological polar surface area (TPSA) is 38.7 Å². The van der Waals surface area contributed by atoms with Gasteiger partial charge in [0.15, 0.2) is 17.5 Å². The fourth-order valence-electron chi connectivity index (χ4n) is 5.88. The van der Waals surface area contributed by atoms with E-state index in [1.807, 2.05) is 36.4 Å². The summed E-state index contributed by atoms with van der Waals surface area (Å²) < 4.78 is 0. The van der Waals surface area contributed by atoms with Crippen LogP contribution in [0.5, 0.6) is 0 Å². The molecule has 0 aliphatic rings. The smallest absolute Gasteiger partial charge is 0.164 e. The zero-order valence-electron chi connectivity index (χ0n) is 23.9. The number of nitrogens with zero attached hydrogens (tertiary/aromatic N) is 3. The summed E-state index contributed by atoms with van der Waals surface area (Å²) in [5.41, 5.74) is 7.63. The van der Waals surface area contributed by atoms with E-state index in [1.54, 1.807) is 0 Å². The summed E-state index contributed by atoms with van der Waals surface area (Å²) in [4.78, 5) is 15.1. The summed E-state index contributed by atoms with van der Waals surface area (Å²) >= 11 is 0. The first-order chi connectivity index (χ1) is 21.8. The molecule has 7 aromatic carbocycles. The van der Waals surface area contributed by atoms with Gasteiger partial charge in [0, 0.05) is 16.7 Å². The second-order valence-corrected chi connectivity index (χ2v) is 10.9. The van der Waals surface area contributed by atoms with Gasteiger partial charge in [-0.05, 0) is 49.9 Å². The first-order valence-electron chi connectivity index (χ1n) is 14.8. The van der Waals surface area contributed by atoms with Crippen LogP contribution in [0.3, 0.4) is 0 Å². The molecule has 0 aliphatic carbocycles. The molecule has 0 atom stereocenters. The van der Waals surface area contributed by atoms with Crippen LogP contribution in [0.4, 0.5) is 0 Å². The lowest BCUT2D eigenvalue weighted by Crippen LogP contribution is -2.00. The molecular weight excluding hydrogens is 534 g/mol. The highest BCUT2D eigenvalue weighted by atomic mass is 15.0. The number of benzene rings is 7. The molecule has 0 amide bonds. The standard InChI is InChI=1S/C41H27N3/c1-3-11-28(12-4-1)29-19-21-30(22-20-29)31-23-25-33(26-24-31)40-42-39(32-13-5-2-6-14-32)43-41(44-40)38-27-34-15-7-8-16-35(34)36-17-9-10-18-37(36)38/h1-27H. The third-order valence-electron chi connectivity index (χ3n) is 8.14. The molecule has 3 heteroatoms. The Kier molecular flexibility index (Phi) is 6.47. The minimum atomic E-state index is 0.650. The van der Waals surface area contributed by atoms with Crippen LogP contribution in [0.2, 0.25) is 0 Å². The minimum Gasteiger partial charge on any atom is -0.208 e. The van der Waals surface area contributed by atoms with Crippen molar-refractivity contribution < 1.29 is 0 Å². The van der Waals surface area contributed by atoms with Gasteiger partial charge in [0.05, 0.1) is 0 Å². The number of aromatic nitrogens is 3. The summed E-state index contributed by atoms with van der Waals surface area (Å²) in [6, 6.07) is 57.0. The minimum absolute atomic E-state index is 0.650. The van der Waals surface area contributed by atoms with Crippen LogP contribution in [0.25, 0.3) is 78.0 Å². The van der Waals surface area contributed by atoms with Gasteiger partial charge >= 0.3 is 0 Å². The van der Waals surface area contributed by atoms with Crippen molar-refractivity contribution in [2.24, 2.45) is 0 Å². The highest BCUT2D eigenvalue weighted by Crippen LogP contribution is 2.35. The molecule has 0 radical (unpaired) electrons. The van der Waals surface area contributed by atoms with E-state index < -0.39 is 0 Å². The van der Waals surface area contributed by atoms with Crippen molar-refractivity contribution >= 4 is 21.5 Å². The molecule has 0 saturated heterocycles. The third-order valence-corrected chi connectivity index (χ3v) is 8.14. The highest BCUT2D eigenvalue weighted by Gasteiger charge is 2.16. The van der Waals surface area contributed by atoms with Crippen LogP contribution < -0.4 is 0 Å². The average Bonchev–Trinajstić information content (AvgIpc) is 3.12. The first kappa shape index (κ1) is 25.8. The van der Waals surface area contributed by atoms with Crippen LogP contribution in [0.15, 0.2) is 164 Å². The summed E-state index contributed by atoms with van der Waals surface area (Å²) in [7, 11) is 0. The lowest BCUT2D eigenvalue weighted by molar-refractivity contribution is 1.08. The quantitative estimate of drug-likeness (QED) is 0.196. The second-order valence-electron chi connectivity index (χ2n) is 10.9. The molecule has 44 heavy (non-hydrogen) atoms. The zero-order valence-corrected chi connectivity index (χ0v) is 23.9. The van der Waals surface area contributed by atoms with Crippen LogP contribution in [-0.4, -0.2) is 15.0 Å². The van der Waals surface area contributed by atoms with Crippen molar-refractivity contribution in [3.63, 3.8) is 0 Å². The molecule has 1 heterocycles. The number of hydrogen-bond donors (Lipinski definition) is 0. The molecule has 0 unspecified atom stereocenters. The van der Waals surface area contributed by atoms with Crippen LogP contribution in [0.1, 0.15) is 0 Å². The van der Waals surface area contributed by atoms with Crippen molar-refractivity contribution in [1.82, 2.24) is 15.0 Å². The fraction of sp³-hybridized carbons (Fsp3) is 0. The van der Waals surface area contributed by atoms with Crippen molar-refractivity contribution in [3.05, 3.63) is 164 Å². The highest BCUT2D eigenvalue weighted by molar-refractivity contribution is 6.13. The summed E-state index contributed by atoms with van der Waals surface area (Å²) in [6.45, 7) is 0. The molecule has 0 N–H and O–H groups in total. The van der Waals surface area contributed by atoms with Gasteiger partial charge in [0.2, 0.25) is 0 Å². The maximum atomic E-state index is 5.08. The number of rotatable bonds is 5. The monoisotopic (exact) mass is 561 g/mol. The molecule has 0 saturated carbocycles. The normalized spacial score (nSPS) is 11.2. The van der Waals surface area contributed by atoms with Crippen LogP contribution in [-0.2, 0) is 0 Å². The molecule has 0 bridgehead atoms. The molecule has 0 spiro atoms. The fourth-order valence-corrected chi connectivity index (χ4v) is 5.88. The van der Waals surface area contributed by atoms with E-state index in [2.05, 4.69) is 127 Å². The summed E-state index contributed by atoms with van der Waals surface area (Å²) in [5, 5.41) is 4.69. The summed E-state index contributed by atoms with van der Waals surface area (Å²) in [5.74, 6) is 1.97. The Morgan fingerprint density at radius 2 is 0.659 bits per heavy atom. The van der Waals surface area contributed by atoms with E-state index in [4.69, 9.17) is 15.0 Å². The Balaban J connectivity index is 1.23. The van der Waals surface area contributed by atoms with Gasteiger partial charge in [-0.15, -0.1) is 0 Å². The average molecular weight is 562 g/mol. The van der Waals surface area contributed by atoms with E-state index in [9.17, 15) is 0 Å². The van der Waals surface area contributed by atoms with Gasteiger partial charge in [-0.1, -0.05) is 158 Å². The van der Waals surface area contributed by atoms with E-state index >= 15 is 0 Å². The molecular formula is C41H27N3. The van der Waals surface area contributed by atoms with Gasteiger partial charge < -0.3 is 0 Å². The van der Waals surface area contributed by atoms with Crippen LogP contribution in [0, 0.1) is 0 Å². The molecule has 1 aromatic heterocycles. The predicted octanol–water partition coefficient (Wildman–Crippen LogP) is 10.5. The first-order valence-corrected chi connectivity index (χ1v) is 14.8. The molecule has 8 rings (SSSR count). The SMILES string of the molecule is c1ccc(-c2ccc(-c3ccc(-c4nc(-c5ccccc5)nc(-c5cc6ccccc6c6ccccc56)n4)cc3)cc2)cc1. The Labute approximate surface area is 256 Å². The molecule has 206 valence electrons. The largest absolute Gasteiger partial charge is 0.208 e. The Bertz CT molecular complexity index is 2240. The Morgan fingerprint density at radius 3 is 1.25 bits per heavy atom. The van der Waals surface area contributed by atoms with Gasteiger partial charge in [0.1, 0.15) is 0 Å². The van der Waals surface area contributed by atoms with Crippen molar-refractivity contribution in [2.45, 2.75) is 0 Å². The van der Waals surface area contributed by atoms with E-state index in [-0.39, 0.29) is 0 Å². The van der Waals surface area contributed by atoms with E-state index in [0.717, 1.165) is 33.0 Å². The second kappa shape index (κ2) is 11.0. The van der Waals surface area contributed by atoms with E-state index in [1.165, 1.54) is 27.5 Å². The maximum absolute atomic E-state index is 5.08. The maximum Gasteiger partial charge on any atom is 0.164 e. The van der Waals surface area contributed by atoms with Crippen molar-refractivity contribution in [1.29, 1.82) is 0 Å². The van der Waals surface area contributed by atoms with Gasteiger partial charge in [-0.3, -0.25) is 0 Å². The molecule has 8 aromatic rings. The third kappa shape index (κ3) is 4.81. The summed E-state index contributed by atoms with van der Waals surface area (Å²) in [6.07, 6.45) is 0. The molecule has 3 nitrogen and oxygen atoms in total. The van der Waals surface area contributed by atoms with Gasteiger partial charge in [-0.2, -0.15) is 0 Å². The van der Waals surface area contributed by atoms with Gasteiger partial charge in [0.25, 0.3) is 0 Å². The zero-order chi connectivity index (χ0) is 29.3. The number of fused-ring (bicyclic) bond motifs is 3. The lowest BCUT2D eigenvalue weighted by atomic mass is 9.97. The van der Waals surface area contributed by atoms with Crippen molar-refractivity contribution in [3.8, 4) is 56.4 Å². The predicted molar refractivity (Wildman–Crippen MR) is 182 cm³/mol.